The fraction of sp³-hybridized carbons (Fsp3) is 0.357. The molecule has 0 spiro atoms. The molecule has 0 heterocycles. The summed E-state index contributed by atoms with van der Waals surface area (Å²) >= 11 is 0. The fourth-order valence-electron chi connectivity index (χ4n) is 1.33. The van der Waals surface area contributed by atoms with Crippen LogP contribution in [0.25, 0.3) is 0 Å². The largest absolute Gasteiger partial charge is 0.494 e. The van der Waals surface area contributed by atoms with Gasteiger partial charge in [-0.1, -0.05) is 5.57 Å². The van der Waals surface area contributed by atoms with Gasteiger partial charge in [-0.25, -0.2) is 4.39 Å². The smallest absolute Gasteiger partial charge is 0.188 e. The van der Waals surface area contributed by atoms with Gasteiger partial charge in [0.1, 0.15) is 6.61 Å². The van der Waals surface area contributed by atoms with Crippen LogP contribution < -0.4 is 4.74 Å². The second-order valence-electron chi connectivity index (χ2n) is 4.03. The number of hydrogen-bond donors (Lipinski definition) is 0. The molecule has 0 fully saturated rings. The van der Waals surface area contributed by atoms with E-state index < -0.39 is 5.82 Å². The van der Waals surface area contributed by atoms with Gasteiger partial charge in [0.15, 0.2) is 17.3 Å². The standard InChI is InChI=1S/C14H17FO3/c1-10(2)6-7-18-9-13(16)11-4-5-14(17-3)12(15)8-11/h4-5,8H,1,6-7,9H2,2-3H3. The number of carbonyl (C=O) groups is 1. The van der Waals surface area contributed by atoms with Gasteiger partial charge < -0.3 is 9.47 Å². The highest BCUT2D eigenvalue weighted by atomic mass is 19.1. The Labute approximate surface area is 106 Å². The Morgan fingerprint density at radius 3 is 2.72 bits per heavy atom. The predicted molar refractivity (Wildman–Crippen MR) is 67.5 cm³/mol. The van der Waals surface area contributed by atoms with E-state index in [9.17, 15) is 9.18 Å². The van der Waals surface area contributed by atoms with E-state index in [0.29, 0.717) is 13.0 Å². The highest BCUT2D eigenvalue weighted by Gasteiger charge is 2.10. The van der Waals surface area contributed by atoms with Crippen LogP contribution in [0.1, 0.15) is 23.7 Å². The summed E-state index contributed by atoms with van der Waals surface area (Å²) in [6.45, 7) is 6.01. The van der Waals surface area contributed by atoms with Crippen LogP contribution in [0, 0.1) is 5.82 Å². The molecule has 0 amide bonds. The first-order valence-corrected chi connectivity index (χ1v) is 5.63. The van der Waals surface area contributed by atoms with Crippen molar-refractivity contribution in [2.45, 2.75) is 13.3 Å². The Bertz CT molecular complexity index is 441. The topological polar surface area (TPSA) is 35.5 Å². The maximum absolute atomic E-state index is 13.4. The summed E-state index contributed by atoms with van der Waals surface area (Å²) in [5.41, 5.74) is 1.28. The van der Waals surface area contributed by atoms with Crippen LogP contribution in [0.5, 0.6) is 5.75 Å². The normalized spacial score (nSPS) is 10.2. The number of benzene rings is 1. The lowest BCUT2D eigenvalue weighted by atomic mass is 10.1. The molecule has 3 nitrogen and oxygen atoms in total. The quantitative estimate of drug-likeness (QED) is 0.425. The lowest BCUT2D eigenvalue weighted by Crippen LogP contribution is -2.10. The zero-order valence-electron chi connectivity index (χ0n) is 10.7. The molecule has 0 saturated carbocycles. The molecular weight excluding hydrogens is 235 g/mol. The van der Waals surface area contributed by atoms with E-state index in [-0.39, 0.29) is 23.7 Å². The molecule has 98 valence electrons. The minimum absolute atomic E-state index is 0.0565. The summed E-state index contributed by atoms with van der Waals surface area (Å²) < 4.78 is 23.3. The summed E-state index contributed by atoms with van der Waals surface area (Å²) in [6, 6.07) is 4.10. The molecule has 0 saturated heterocycles. The zero-order valence-corrected chi connectivity index (χ0v) is 10.7. The minimum atomic E-state index is -0.551. The van der Waals surface area contributed by atoms with Crippen LogP contribution in [0.3, 0.4) is 0 Å². The van der Waals surface area contributed by atoms with E-state index in [4.69, 9.17) is 9.47 Å². The second-order valence-corrected chi connectivity index (χ2v) is 4.03. The number of hydrogen-bond acceptors (Lipinski definition) is 3. The van der Waals surface area contributed by atoms with Crippen LogP contribution in [-0.4, -0.2) is 26.1 Å². The number of carbonyl (C=O) groups excluding carboxylic acids is 1. The maximum Gasteiger partial charge on any atom is 0.188 e. The maximum atomic E-state index is 13.4. The van der Waals surface area contributed by atoms with Crippen molar-refractivity contribution in [3.63, 3.8) is 0 Å². The van der Waals surface area contributed by atoms with Gasteiger partial charge >= 0.3 is 0 Å². The summed E-state index contributed by atoms with van der Waals surface area (Å²) in [6.07, 6.45) is 0.713. The van der Waals surface area contributed by atoms with Crippen LogP contribution in [-0.2, 0) is 4.74 Å². The van der Waals surface area contributed by atoms with Gasteiger partial charge in [-0.2, -0.15) is 0 Å². The van der Waals surface area contributed by atoms with Gasteiger partial charge in [0.25, 0.3) is 0 Å². The van der Waals surface area contributed by atoms with E-state index in [1.165, 1.54) is 19.2 Å². The molecule has 0 bridgehead atoms. The van der Waals surface area contributed by atoms with Gasteiger partial charge in [-0.3, -0.25) is 4.79 Å². The SMILES string of the molecule is C=C(C)CCOCC(=O)c1ccc(OC)c(F)c1. The third-order valence-electron chi connectivity index (χ3n) is 2.38. The van der Waals surface area contributed by atoms with Gasteiger partial charge in [0, 0.05) is 5.56 Å². The van der Waals surface area contributed by atoms with Crippen molar-refractivity contribution in [3.05, 3.63) is 41.7 Å². The molecule has 0 aliphatic rings. The molecule has 4 heteroatoms. The highest BCUT2D eigenvalue weighted by Crippen LogP contribution is 2.17. The van der Waals surface area contributed by atoms with Crippen molar-refractivity contribution in [2.75, 3.05) is 20.3 Å². The number of halogens is 1. The predicted octanol–water partition coefficient (Wildman–Crippen LogP) is 3.00. The zero-order chi connectivity index (χ0) is 13.5. The summed E-state index contributed by atoms with van der Waals surface area (Å²) in [4.78, 5) is 11.7. The Hall–Kier alpha value is -1.68. The first-order chi connectivity index (χ1) is 8.54. The van der Waals surface area contributed by atoms with Gasteiger partial charge in [0.2, 0.25) is 0 Å². The molecule has 0 unspecified atom stereocenters. The Kier molecular flexibility index (Phi) is 5.52. The Morgan fingerprint density at radius 2 is 2.17 bits per heavy atom. The van der Waals surface area contributed by atoms with Crippen LogP contribution in [0.2, 0.25) is 0 Å². The lowest BCUT2D eigenvalue weighted by Gasteiger charge is -2.06. The van der Waals surface area contributed by atoms with Crippen LogP contribution >= 0.6 is 0 Å². The monoisotopic (exact) mass is 252 g/mol. The first kappa shape index (κ1) is 14.4. The molecule has 0 atom stereocenters. The molecule has 1 aromatic rings. The molecule has 0 aliphatic carbocycles. The van der Waals surface area contributed by atoms with Crippen molar-refractivity contribution < 1.29 is 18.7 Å². The molecule has 1 rings (SSSR count). The first-order valence-electron chi connectivity index (χ1n) is 5.63. The number of methoxy groups -OCH3 is 1. The minimum Gasteiger partial charge on any atom is -0.494 e. The van der Waals surface area contributed by atoms with Crippen molar-refractivity contribution in [3.8, 4) is 5.75 Å². The number of ether oxygens (including phenoxy) is 2. The van der Waals surface area contributed by atoms with Crippen molar-refractivity contribution >= 4 is 5.78 Å². The number of Topliss-reactive ketones (excluding diaryl/α,β-unsaturated/α-hetero) is 1. The third kappa shape index (κ3) is 4.30. The molecule has 0 N–H and O–H groups in total. The van der Waals surface area contributed by atoms with Crippen molar-refractivity contribution in [1.82, 2.24) is 0 Å². The molecule has 0 aromatic heterocycles. The highest BCUT2D eigenvalue weighted by molar-refractivity contribution is 5.97. The second kappa shape index (κ2) is 6.91. The van der Waals surface area contributed by atoms with Gasteiger partial charge in [-0.05, 0) is 31.5 Å². The van der Waals surface area contributed by atoms with Gasteiger partial charge in [-0.15, -0.1) is 6.58 Å². The number of ketones is 1. The van der Waals surface area contributed by atoms with E-state index in [2.05, 4.69) is 6.58 Å². The Balaban J connectivity index is 2.51. The Morgan fingerprint density at radius 1 is 1.44 bits per heavy atom. The van der Waals surface area contributed by atoms with Crippen molar-refractivity contribution in [2.24, 2.45) is 0 Å². The lowest BCUT2D eigenvalue weighted by molar-refractivity contribution is 0.0765. The van der Waals surface area contributed by atoms with E-state index in [0.717, 1.165) is 11.6 Å². The number of rotatable bonds is 7. The molecular formula is C14H17FO3. The molecule has 0 aliphatic heterocycles. The third-order valence-corrected chi connectivity index (χ3v) is 2.38. The summed E-state index contributed by atoms with van der Waals surface area (Å²) in [5.74, 6) is -0.682. The van der Waals surface area contributed by atoms with E-state index in [1.807, 2.05) is 6.92 Å². The molecule has 0 radical (unpaired) electrons. The molecule has 18 heavy (non-hydrogen) atoms. The van der Waals surface area contributed by atoms with Crippen molar-refractivity contribution in [1.29, 1.82) is 0 Å². The van der Waals surface area contributed by atoms with E-state index in [1.54, 1.807) is 0 Å². The molecule has 1 aromatic carbocycles. The summed E-state index contributed by atoms with van der Waals surface area (Å²) in [5, 5.41) is 0. The van der Waals surface area contributed by atoms with E-state index >= 15 is 0 Å². The van der Waals surface area contributed by atoms with Crippen LogP contribution in [0.15, 0.2) is 30.4 Å². The van der Waals surface area contributed by atoms with Gasteiger partial charge in [0.05, 0.1) is 13.7 Å². The summed E-state index contributed by atoms with van der Waals surface area (Å²) in [7, 11) is 1.38. The average Bonchev–Trinajstić information content (AvgIpc) is 2.34. The van der Waals surface area contributed by atoms with Crippen LogP contribution in [0.4, 0.5) is 4.39 Å². The average molecular weight is 252 g/mol. The fourth-order valence-corrected chi connectivity index (χ4v) is 1.33.